The summed E-state index contributed by atoms with van der Waals surface area (Å²) >= 11 is 5.80. The van der Waals surface area contributed by atoms with Crippen molar-refractivity contribution in [2.24, 2.45) is 0 Å². The molecule has 25 heavy (non-hydrogen) atoms. The minimum absolute atomic E-state index is 0.459. The lowest BCUT2D eigenvalue weighted by Crippen LogP contribution is -2.22. The van der Waals surface area contributed by atoms with Crippen LogP contribution in [-0.4, -0.2) is 18.5 Å². The van der Waals surface area contributed by atoms with Crippen molar-refractivity contribution in [2.45, 2.75) is 13.1 Å². The van der Waals surface area contributed by atoms with Crippen LogP contribution in [-0.2, 0) is 15.7 Å². The van der Waals surface area contributed by atoms with E-state index in [0.717, 1.165) is 18.2 Å². The molecule has 2 aromatic rings. The normalized spacial score (nSPS) is 11.1. The van der Waals surface area contributed by atoms with E-state index in [2.05, 4.69) is 10.1 Å². The van der Waals surface area contributed by atoms with Gasteiger partial charge in [-0.1, -0.05) is 23.7 Å². The topological polar surface area (TPSA) is 55.4 Å². The Morgan fingerprint density at radius 1 is 1.16 bits per heavy atom. The van der Waals surface area contributed by atoms with Crippen molar-refractivity contribution in [3.05, 3.63) is 64.2 Å². The number of benzene rings is 2. The number of esters is 1. The Bertz CT molecular complexity index is 806. The van der Waals surface area contributed by atoms with E-state index in [-0.39, 0.29) is 0 Å². The molecule has 0 radical (unpaired) electrons. The molecule has 0 saturated heterocycles. The summed E-state index contributed by atoms with van der Waals surface area (Å²) in [6, 6.07) is 8.97. The van der Waals surface area contributed by atoms with Crippen molar-refractivity contribution in [1.29, 1.82) is 0 Å². The predicted octanol–water partition coefficient (Wildman–Crippen LogP) is 4.46. The van der Waals surface area contributed by atoms with Crippen LogP contribution >= 0.6 is 11.6 Å². The molecule has 0 fully saturated rings. The number of anilines is 1. The smallest absolute Gasteiger partial charge is 0.417 e. The average Bonchev–Trinajstić information content (AvgIpc) is 2.54. The third-order valence-electron chi connectivity index (χ3n) is 3.25. The molecule has 1 amide bonds. The molecule has 0 unspecified atom stereocenters. The summed E-state index contributed by atoms with van der Waals surface area (Å²) in [7, 11) is 0. The molecular formula is C17H13ClF3NO3. The van der Waals surface area contributed by atoms with E-state index in [1.165, 1.54) is 6.07 Å². The van der Waals surface area contributed by atoms with Crippen molar-refractivity contribution in [1.82, 2.24) is 0 Å². The van der Waals surface area contributed by atoms with Gasteiger partial charge in [-0.15, -0.1) is 0 Å². The van der Waals surface area contributed by atoms with E-state index >= 15 is 0 Å². The highest BCUT2D eigenvalue weighted by Gasteiger charge is 2.35. The summed E-state index contributed by atoms with van der Waals surface area (Å²) in [6.45, 7) is 1.00. The summed E-state index contributed by atoms with van der Waals surface area (Å²) in [5, 5.41) is 2.98. The fourth-order valence-corrected chi connectivity index (χ4v) is 2.30. The van der Waals surface area contributed by atoms with Gasteiger partial charge in [0.05, 0.1) is 11.1 Å². The molecule has 132 valence electrons. The van der Waals surface area contributed by atoms with Crippen LogP contribution < -0.4 is 5.32 Å². The van der Waals surface area contributed by atoms with Crippen molar-refractivity contribution in [3.63, 3.8) is 0 Å². The first kappa shape index (κ1) is 18.8. The Labute approximate surface area is 146 Å². The molecule has 0 atom stereocenters. The highest BCUT2D eigenvalue weighted by molar-refractivity contribution is 6.30. The average molecular weight is 372 g/mol. The first-order chi connectivity index (χ1) is 11.7. The number of ether oxygens (including phenoxy) is 1. The zero-order valence-corrected chi connectivity index (χ0v) is 13.7. The van der Waals surface area contributed by atoms with Gasteiger partial charge in [-0.3, -0.25) is 4.79 Å². The Kier molecular flexibility index (Phi) is 5.69. The molecule has 0 spiro atoms. The standard InChI is InChI=1S/C17H13ClF3NO3/c1-10-8-11(18)6-7-14(10)22-15(23)9-25-16(24)12-4-2-3-5-13(12)17(19,20)21/h2-8H,9H2,1H3,(H,22,23). The lowest BCUT2D eigenvalue weighted by molar-refractivity contribution is -0.138. The number of carbonyl (C=O) groups is 2. The lowest BCUT2D eigenvalue weighted by atomic mass is 10.1. The second-order valence-corrected chi connectivity index (χ2v) is 5.56. The lowest BCUT2D eigenvalue weighted by Gasteiger charge is -2.12. The van der Waals surface area contributed by atoms with Gasteiger partial charge in [0.1, 0.15) is 0 Å². The van der Waals surface area contributed by atoms with Gasteiger partial charge in [0.15, 0.2) is 6.61 Å². The number of nitrogens with one attached hydrogen (secondary N) is 1. The summed E-state index contributed by atoms with van der Waals surface area (Å²) in [4.78, 5) is 23.7. The van der Waals surface area contributed by atoms with E-state index < -0.39 is 35.8 Å². The molecule has 4 nitrogen and oxygen atoms in total. The van der Waals surface area contributed by atoms with Crippen LogP contribution in [0.2, 0.25) is 5.02 Å². The second-order valence-electron chi connectivity index (χ2n) is 5.13. The molecule has 0 aromatic heterocycles. The third-order valence-corrected chi connectivity index (χ3v) is 3.48. The molecular weight excluding hydrogens is 359 g/mol. The SMILES string of the molecule is Cc1cc(Cl)ccc1NC(=O)COC(=O)c1ccccc1C(F)(F)F. The largest absolute Gasteiger partial charge is 0.452 e. The van der Waals surface area contributed by atoms with Crippen LogP contribution in [0.3, 0.4) is 0 Å². The van der Waals surface area contributed by atoms with Crippen molar-refractivity contribution in [3.8, 4) is 0 Å². The molecule has 0 aliphatic heterocycles. The van der Waals surface area contributed by atoms with Crippen LogP contribution in [0.5, 0.6) is 0 Å². The van der Waals surface area contributed by atoms with Gasteiger partial charge in [-0.05, 0) is 42.8 Å². The number of aryl methyl sites for hydroxylation is 1. The van der Waals surface area contributed by atoms with Gasteiger partial charge in [0, 0.05) is 10.7 Å². The van der Waals surface area contributed by atoms with Crippen LogP contribution in [0.1, 0.15) is 21.5 Å². The Balaban J connectivity index is 2.02. The van der Waals surface area contributed by atoms with Crippen LogP contribution in [0, 0.1) is 6.92 Å². The van der Waals surface area contributed by atoms with Crippen molar-refractivity contribution >= 4 is 29.2 Å². The molecule has 2 rings (SSSR count). The summed E-state index contributed by atoms with van der Waals surface area (Å²) in [5.41, 5.74) is -0.616. The number of hydrogen-bond acceptors (Lipinski definition) is 3. The van der Waals surface area contributed by atoms with Gasteiger partial charge in [0.2, 0.25) is 0 Å². The van der Waals surface area contributed by atoms with Crippen LogP contribution in [0.15, 0.2) is 42.5 Å². The monoisotopic (exact) mass is 371 g/mol. The number of alkyl halides is 3. The minimum Gasteiger partial charge on any atom is -0.452 e. The maximum Gasteiger partial charge on any atom is 0.417 e. The predicted molar refractivity (Wildman–Crippen MR) is 86.5 cm³/mol. The van der Waals surface area contributed by atoms with Crippen LogP contribution in [0.25, 0.3) is 0 Å². The highest BCUT2D eigenvalue weighted by atomic mass is 35.5. The molecule has 0 saturated carbocycles. The fourth-order valence-electron chi connectivity index (χ4n) is 2.07. The molecule has 8 heteroatoms. The van der Waals surface area contributed by atoms with Gasteiger partial charge in [-0.2, -0.15) is 13.2 Å². The van der Waals surface area contributed by atoms with Gasteiger partial charge >= 0.3 is 12.1 Å². The number of hydrogen-bond donors (Lipinski definition) is 1. The second kappa shape index (κ2) is 7.57. The van der Waals surface area contributed by atoms with Crippen molar-refractivity contribution in [2.75, 3.05) is 11.9 Å². The van der Waals surface area contributed by atoms with Crippen LogP contribution in [0.4, 0.5) is 18.9 Å². The van der Waals surface area contributed by atoms with E-state index in [1.54, 1.807) is 25.1 Å². The Morgan fingerprint density at radius 2 is 1.84 bits per heavy atom. The highest BCUT2D eigenvalue weighted by Crippen LogP contribution is 2.32. The first-order valence-electron chi connectivity index (χ1n) is 7.08. The molecule has 0 aliphatic rings. The molecule has 1 N–H and O–H groups in total. The number of amides is 1. The van der Waals surface area contributed by atoms with Crippen molar-refractivity contribution < 1.29 is 27.5 Å². The maximum atomic E-state index is 12.9. The maximum absolute atomic E-state index is 12.9. The van der Waals surface area contributed by atoms with Gasteiger partial charge in [-0.25, -0.2) is 4.79 Å². The number of carbonyl (C=O) groups excluding carboxylic acids is 2. The zero-order chi connectivity index (χ0) is 18.6. The number of rotatable bonds is 4. The summed E-state index contributed by atoms with van der Waals surface area (Å²) in [6.07, 6.45) is -4.70. The quantitative estimate of drug-likeness (QED) is 0.807. The molecule has 0 heterocycles. The van der Waals surface area contributed by atoms with E-state index in [1.807, 2.05) is 0 Å². The zero-order valence-electron chi connectivity index (χ0n) is 13.0. The first-order valence-corrected chi connectivity index (χ1v) is 7.45. The third kappa shape index (κ3) is 4.96. The van der Waals surface area contributed by atoms with E-state index in [4.69, 9.17) is 11.6 Å². The van der Waals surface area contributed by atoms with Gasteiger partial charge in [0.25, 0.3) is 5.91 Å². The fraction of sp³-hybridized carbons (Fsp3) is 0.176. The summed E-state index contributed by atoms with van der Waals surface area (Å²) in [5.74, 6) is -1.90. The van der Waals surface area contributed by atoms with E-state index in [0.29, 0.717) is 16.3 Å². The Hall–Kier alpha value is -2.54. The molecule has 2 aromatic carbocycles. The Morgan fingerprint density at radius 3 is 2.48 bits per heavy atom. The summed E-state index contributed by atoms with van der Waals surface area (Å²) < 4.78 is 43.3. The van der Waals surface area contributed by atoms with Gasteiger partial charge < -0.3 is 10.1 Å². The van der Waals surface area contributed by atoms with E-state index in [9.17, 15) is 22.8 Å². The number of halogens is 4. The molecule has 0 aliphatic carbocycles. The molecule has 0 bridgehead atoms. The minimum atomic E-state index is -4.70.